The smallest absolute Gasteiger partial charge is 0.338 e. The van der Waals surface area contributed by atoms with Crippen molar-refractivity contribution in [1.82, 2.24) is 9.78 Å². The van der Waals surface area contributed by atoms with Gasteiger partial charge in [0.15, 0.2) is 0 Å². The molecule has 1 aromatic heterocycles. The molecule has 0 amide bonds. The Labute approximate surface area is 117 Å². The van der Waals surface area contributed by atoms with Crippen molar-refractivity contribution in [3.8, 4) is 5.69 Å². The Kier molecular flexibility index (Phi) is 2.46. The Morgan fingerprint density at radius 3 is 2.30 bits per heavy atom. The number of benzene rings is 1. The number of hydrogen-bond donors (Lipinski definition) is 1. The van der Waals surface area contributed by atoms with Gasteiger partial charge in [0.25, 0.3) is 0 Å². The average molecular weight is 268 g/mol. The van der Waals surface area contributed by atoms with Gasteiger partial charge in [0, 0.05) is 6.20 Å². The van der Waals surface area contributed by atoms with Crippen molar-refractivity contribution >= 4 is 5.97 Å². The van der Waals surface area contributed by atoms with E-state index in [9.17, 15) is 4.79 Å². The van der Waals surface area contributed by atoms with Gasteiger partial charge >= 0.3 is 5.97 Å². The number of fused-ring (bicyclic) bond motifs is 2. The molecule has 0 spiro atoms. The third-order valence-corrected chi connectivity index (χ3v) is 4.50. The summed E-state index contributed by atoms with van der Waals surface area (Å²) >= 11 is 0. The summed E-state index contributed by atoms with van der Waals surface area (Å²) in [5.41, 5.74) is 7.06. The summed E-state index contributed by atoms with van der Waals surface area (Å²) in [6, 6.07) is 2.37. The monoisotopic (exact) mass is 268 g/mol. The van der Waals surface area contributed by atoms with Gasteiger partial charge in [-0.05, 0) is 60.8 Å². The summed E-state index contributed by atoms with van der Waals surface area (Å²) in [5.74, 6) is -0.916. The van der Waals surface area contributed by atoms with Gasteiger partial charge in [0.05, 0.1) is 17.4 Å². The van der Waals surface area contributed by atoms with E-state index in [0.29, 0.717) is 0 Å². The molecule has 4 rings (SSSR count). The first-order valence-corrected chi connectivity index (χ1v) is 7.19. The molecule has 1 N–H and O–H groups in total. The SMILES string of the molecule is O=C(O)c1cnn(-c2c3c(cc4c2CCC4)CCC3)c1. The fraction of sp³-hybridized carbons (Fsp3) is 0.375. The van der Waals surface area contributed by atoms with E-state index >= 15 is 0 Å². The minimum Gasteiger partial charge on any atom is -0.478 e. The molecule has 2 aliphatic carbocycles. The molecule has 1 aromatic carbocycles. The lowest BCUT2D eigenvalue weighted by Crippen LogP contribution is -2.05. The summed E-state index contributed by atoms with van der Waals surface area (Å²) in [4.78, 5) is 11.1. The van der Waals surface area contributed by atoms with Crippen molar-refractivity contribution in [2.75, 3.05) is 0 Å². The molecule has 0 unspecified atom stereocenters. The minimum atomic E-state index is -0.916. The lowest BCUT2D eigenvalue weighted by molar-refractivity contribution is 0.0697. The van der Waals surface area contributed by atoms with Crippen LogP contribution in [0.5, 0.6) is 0 Å². The number of hydrogen-bond acceptors (Lipinski definition) is 2. The molecule has 102 valence electrons. The second-order valence-corrected chi connectivity index (χ2v) is 5.69. The van der Waals surface area contributed by atoms with Gasteiger partial charge in [0.1, 0.15) is 0 Å². The highest BCUT2D eigenvalue weighted by molar-refractivity contribution is 5.87. The van der Waals surface area contributed by atoms with Crippen LogP contribution in [0.25, 0.3) is 5.69 Å². The predicted octanol–water partition coefficient (Wildman–Crippen LogP) is 2.55. The molecule has 0 radical (unpaired) electrons. The van der Waals surface area contributed by atoms with Gasteiger partial charge in [-0.25, -0.2) is 9.48 Å². The highest BCUT2D eigenvalue weighted by atomic mass is 16.4. The number of carboxylic acid groups (broad SMARTS) is 1. The van der Waals surface area contributed by atoms with Gasteiger partial charge in [-0.2, -0.15) is 5.10 Å². The maximum absolute atomic E-state index is 11.1. The Hall–Kier alpha value is -2.10. The summed E-state index contributed by atoms with van der Waals surface area (Å²) in [7, 11) is 0. The molecule has 1 heterocycles. The Balaban J connectivity index is 1.94. The van der Waals surface area contributed by atoms with Gasteiger partial charge in [-0.3, -0.25) is 0 Å². The zero-order valence-corrected chi connectivity index (χ0v) is 11.2. The van der Waals surface area contributed by atoms with Crippen molar-refractivity contribution in [1.29, 1.82) is 0 Å². The zero-order valence-electron chi connectivity index (χ0n) is 11.2. The lowest BCUT2D eigenvalue weighted by Gasteiger charge is -2.14. The van der Waals surface area contributed by atoms with Crippen LogP contribution >= 0.6 is 0 Å². The molecular weight excluding hydrogens is 252 g/mol. The number of aromatic nitrogens is 2. The molecule has 0 aliphatic heterocycles. The van der Waals surface area contributed by atoms with Crippen molar-refractivity contribution in [3.63, 3.8) is 0 Å². The van der Waals surface area contributed by atoms with Crippen molar-refractivity contribution < 1.29 is 9.90 Å². The largest absolute Gasteiger partial charge is 0.478 e. The summed E-state index contributed by atoms with van der Waals surface area (Å²) in [5, 5.41) is 13.4. The van der Waals surface area contributed by atoms with E-state index < -0.39 is 5.97 Å². The van der Waals surface area contributed by atoms with E-state index in [4.69, 9.17) is 5.11 Å². The minimum absolute atomic E-state index is 0.257. The normalized spacial score (nSPS) is 16.2. The standard InChI is InChI=1S/C16H16N2O2/c19-16(20)12-8-17-18(9-12)15-13-5-1-3-10(13)7-11-4-2-6-14(11)15/h7-9H,1-6H2,(H,19,20). The van der Waals surface area contributed by atoms with Crippen LogP contribution in [-0.2, 0) is 25.7 Å². The zero-order chi connectivity index (χ0) is 13.7. The average Bonchev–Trinajstić information content (AvgIpc) is 3.15. The highest BCUT2D eigenvalue weighted by Crippen LogP contribution is 2.37. The lowest BCUT2D eigenvalue weighted by atomic mass is 9.99. The van der Waals surface area contributed by atoms with E-state index in [1.165, 1.54) is 47.0 Å². The highest BCUT2D eigenvalue weighted by Gasteiger charge is 2.25. The second kappa shape index (κ2) is 4.20. The molecule has 20 heavy (non-hydrogen) atoms. The van der Waals surface area contributed by atoms with E-state index in [0.717, 1.165) is 25.7 Å². The van der Waals surface area contributed by atoms with Crippen molar-refractivity contribution in [3.05, 3.63) is 46.3 Å². The van der Waals surface area contributed by atoms with Crippen molar-refractivity contribution in [2.45, 2.75) is 38.5 Å². The van der Waals surface area contributed by atoms with Crippen LogP contribution < -0.4 is 0 Å². The van der Waals surface area contributed by atoms with E-state index in [1.54, 1.807) is 10.9 Å². The number of rotatable bonds is 2. The van der Waals surface area contributed by atoms with Crippen LogP contribution in [0.4, 0.5) is 0 Å². The van der Waals surface area contributed by atoms with Crippen LogP contribution in [-0.4, -0.2) is 20.9 Å². The van der Waals surface area contributed by atoms with Gasteiger partial charge < -0.3 is 5.11 Å². The van der Waals surface area contributed by atoms with Crippen LogP contribution in [0.2, 0.25) is 0 Å². The fourth-order valence-corrected chi connectivity index (χ4v) is 3.62. The Morgan fingerprint density at radius 1 is 1.10 bits per heavy atom. The second-order valence-electron chi connectivity index (χ2n) is 5.69. The quantitative estimate of drug-likeness (QED) is 0.910. The van der Waals surface area contributed by atoms with Gasteiger partial charge in [-0.1, -0.05) is 6.07 Å². The number of carbonyl (C=O) groups is 1. The first-order chi connectivity index (χ1) is 9.74. The molecule has 0 saturated carbocycles. The number of nitrogens with zero attached hydrogens (tertiary/aromatic N) is 2. The van der Waals surface area contributed by atoms with Gasteiger partial charge in [-0.15, -0.1) is 0 Å². The molecule has 4 heteroatoms. The predicted molar refractivity (Wildman–Crippen MR) is 74.6 cm³/mol. The molecule has 0 bridgehead atoms. The maximum atomic E-state index is 11.1. The molecule has 0 fully saturated rings. The van der Waals surface area contributed by atoms with E-state index in [1.807, 2.05) is 0 Å². The van der Waals surface area contributed by atoms with Crippen LogP contribution in [0.3, 0.4) is 0 Å². The fourth-order valence-electron chi connectivity index (χ4n) is 3.62. The third kappa shape index (κ3) is 1.60. The topological polar surface area (TPSA) is 55.1 Å². The summed E-state index contributed by atoms with van der Waals surface area (Å²) < 4.78 is 1.79. The van der Waals surface area contributed by atoms with Gasteiger partial charge in [0.2, 0.25) is 0 Å². The summed E-state index contributed by atoms with van der Waals surface area (Å²) in [6.45, 7) is 0. The summed E-state index contributed by atoms with van der Waals surface area (Å²) in [6.07, 6.45) is 9.93. The Morgan fingerprint density at radius 2 is 1.75 bits per heavy atom. The molecule has 0 atom stereocenters. The molecule has 4 nitrogen and oxygen atoms in total. The van der Waals surface area contributed by atoms with Crippen LogP contribution in [0.1, 0.15) is 45.5 Å². The first-order valence-electron chi connectivity index (χ1n) is 7.19. The van der Waals surface area contributed by atoms with E-state index in [2.05, 4.69) is 11.2 Å². The van der Waals surface area contributed by atoms with Crippen LogP contribution in [0.15, 0.2) is 18.5 Å². The number of aromatic carboxylic acids is 1. The van der Waals surface area contributed by atoms with E-state index in [-0.39, 0.29) is 5.56 Å². The third-order valence-electron chi connectivity index (χ3n) is 4.50. The number of carboxylic acids is 1. The Bertz CT molecular complexity index is 683. The van der Waals surface area contributed by atoms with Crippen molar-refractivity contribution in [2.24, 2.45) is 0 Å². The molecule has 2 aliphatic rings. The molecular formula is C16H16N2O2. The van der Waals surface area contributed by atoms with Crippen LogP contribution in [0, 0.1) is 0 Å². The maximum Gasteiger partial charge on any atom is 0.338 e. The molecule has 0 saturated heterocycles. The first kappa shape index (κ1) is 11.7. The number of aryl methyl sites for hydroxylation is 2. The molecule has 2 aromatic rings.